The predicted molar refractivity (Wildman–Crippen MR) is 126 cm³/mol. The van der Waals surface area contributed by atoms with Crippen molar-refractivity contribution >= 4 is 28.4 Å². The van der Waals surface area contributed by atoms with E-state index in [-0.39, 0.29) is 17.0 Å². The van der Waals surface area contributed by atoms with Crippen LogP contribution in [0.15, 0.2) is 67.0 Å². The van der Waals surface area contributed by atoms with E-state index in [0.717, 1.165) is 11.2 Å². The molecule has 2 aromatic heterocycles. The summed E-state index contributed by atoms with van der Waals surface area (Å²) in [4.78, 5) is 25.3. The number of carbonyl (C=O) groups excluding carboxylic acids is 1. The van der Waals surface area contributed by atoms with Crippen LogP contribution in [0.2, 0.25) is 0 Å². The number of hydrogen-bond acceptors (Lipinski definition) is 6. The highest BCUT2D eigenvalue weighted by Gasteiger charge is 2.15. The van der Waals surface area contributed by atoms with Gasteiger partial charge in [-0.25, -0.2) is 9.97 Å². The highest BCUT2D eigenvalue weighted by molar-refractivity contribution is 5.94. The second-order valence-electron chi connectivity index (χ2n) is 8.39. The van der Waals surface area contributed by atoms with Crippen molar-refractivity contribution < 1.29 is 9.53 Å². The zero-order valence-electron chi connectivity index (χ0n) is 18.5. The molecule has 32 heavy (non-hydrogen) atoms. The molecular formula is C25H25N5O2. The smallest absolute Gasteiger partial charge is 0.273 e. The highest BCUT2D eigenvalue weighted by atomic mass is 16.5. The molecule has 2 aromatic carbocycles. The Kier molecular flexibility index (Phi) is 5.73. The number of benzene rings is 2. The fourth-order valence-corrected chi connectivity index (χ4v) is 3.21. The van der Waals surface area contributed by atoms with Crippen LogP contribution >= 0.6 is 0 Å². The maximum Gasteiger partial charge on any atom is 0.273 e. The van der Waals surface area contributed by atoms with E-state index in [9.17, 15) is 4.79 Å². The number of anilines is 2. The molecule has 0 aliphatic carbocycles. The largest absolute Gasteiger partial charge is 0.455 e. The number of fused-ring (bicyclic) bond motifs is 1. The third-order valence-electron chi connectivity index (χ3n) is 4.96. The van der Waals surface area contributed by atoms with Gasteiger partial charge in [0.25, 0.3) is 5.91 Å². The number of rotatable bonds is 5. The molecule has 2 heterocycles. The monoisotopic (exact) mass is 427 g/mol. The first-order valence-corrected chi connectivity index (χ1v) is 10.3. The second-order valence-corrected chi connectivity index (χ2v) is 8.39. The summed E-state index contributed by atoms with van der Waals surface area (Å²) in [7, 11) is 1.55. The van der Waals surface area contributed by atoms with Gasteiger partial charge in [0.2, 0.25) is 0 Å². The Balaban J connectivity index is 1.57. The number of carbonyl (C=O) groups is 1. The molecule has 0 spiro atoms. The maximum atomic E-state index is 12.0. The van der Waals surface area contributed by atoms with Crippen LogP contribution in [0.1, 0.15) is 36.8 Å². The third-order valence-corrected chi connectivity index (χ3v) is 4.96. The van der Waals surface area contributed by atoms with Crippen LogP contribution in [0, 0.1) is 0 Å². The molecule has 0 saturated heterocycles. The molecule has 4 rings (SSSR count). The van der Waals surface area contributed by atoms with Crippen LogP contribution < -0.4 is 15.4 Å². The second kappa shape index (κ2) is 8.63. The Morgan fingerprint density at radius 1 is 0.969 bits per heavy atom. The quantitative estimate of drug-likeness (QED) is 0.454. The molecule has 0 fully saturated rings. The zero-order valence-corrected chi connectivity index (χ0v) is 18.5. The van der Waals surface area contributed by atoms with E-state index in [0.29, 0.717) is 22.8 Å². The highest BCUT2D eigenvalue weighted by Crippen LogP contribution is 2.28. The number of aromatic nitrogens is 3. The predicted octanol–water partition coefficient (Wildman–Crippen LogP) is 5.22. The van der Waals surface area contributed by atoms with Crippen molar-refractivity contribution in [3.8, 4) is 11.5 Å². The first-order chi connectivity index (χ1) is 15.3. The first-order valence-electron chi connectivity index (χ1n) is 10.3. The standard InChI is InChI=1S/C25H25N5O2/c1-25(2,3)16-7-5-8-17(13-16)29-22-15-28-20-14-18(10-11-19(20)30-22)32-21-9-6-12-27-23(21)24(31)26-4/h5-15H,1-4H3,(H,26,31)(H,29,30). The van der Waals surface area contributed by atoms with Crippen molar-refractivity contribution in [1.29, 1.82) is 0 Å². The van der Waals surface area contributed by atoms with Gasteiger partial charge in [-0.05, 0) is 47.4 Å². The minimum Gasteiger partial charge on any atom is -0.455 e. The normalized spacial score (nSPS) is 11.2. The minimum atomic E-state index is -0.313. The summed E-state index contributed by atoms with van der Waals surface area (Å²) in [6.07, 6.45) is 3.24. The molecule has 0 radical (unpaired) electrons. The van der Waals surface area contributed by atoms with Crippen LogP contribution in [0.25, 0.3) is 11.0 Å². The number of hydrogen-bond donors (Lipinski definition) is 2. The topological polar surface area (TPSA) is 89.0 Å². The molecular weight excluding hydrogens is 402 g/mol. The zero-order chi connectivity index (χ0) is 22.7. The average Bonchev–Trinajstić information content (AvgIpc) is 2.78. The number of ether oxygens (including phenoxy) is 1. The Morgan fingerprint density at radius 3 is 2.59 bits per heavy atom. The molecule has 0 saturated carbocycles. The lowest BCUT2D eigenvalue weighted by Crippen LogP contribution is -2.19. The van der Waals surface area contributed by atoms with Crippen molar-refractivity contribution in [2.24, 2.45) is 0 Å². The van der Waals surface area contributed by atoms with Gasteiger partial charge in [-0.15, -0.1) is 0 Å². The maximum absolute atomic E-state index is 12.0. The van der Waals surface area contributed by atoms with E-state index < -0.39 is 0 Å². The fourth-order valence-electron chi connectivity index (χ4n) is 3.21. The summed E-state index contributed by atoms with van der Waals surface area (Å²) in [5.41, 5.74) is 3.90. The molecule has 0 atom stereocenters. The lowest BCUT2D eigenvalue weighted by molar-refractivity contribution is 0.0955. The van der Waals surface area contributed by atoms with Crippen LogP contribution in [0.4, 0.5) is 11.5 Å². The summed E-state index contributed by atoms with van der Waals surface area (Å²) in [5, 5.41) is 5.90. The van der Waals surface area contributed by atoms with E-state index in [1.807, 2.05) is 18.2 Å². The van der Waals surface area contributed by atoms with Gasteiger partial charge in [-0.3, -0.25) is 9.78 Å². The summed E-state index contributed by atoms with van der Waals surface area (Å²) in [6, 6.07) is 17.1. The molecule has 0 bridgehead atoms. The summed E-state index contributed by atoms with van der Waals surface area (Å²) in [6.45, 7) is 6.56. The molecule has 4 aromatic rings. The van der Waals surface area contributed by atoms with E-state index in [1.54, 1.807) is 43.7 Å². The third kappa shape index (κ3) is 4.67. The van der Waals surface area contributed by atoms with Crippen molar-refractivity contribution in [3.05, 3.63) is 78.2 Å². The van der Waals surface area contributed by atoms with Crippen molar-refractivity contribution in [2.75, 3.05) is 12.4 Å². The van der Waals surface area contributed by atoms with Gasteiger partial charge in [0.05, 0.1) is 17.2 Å². The van der Waals surface area contributed by atoms with Crippen molar-refractivity contribution in [1.82, 2.24) is 20.3 Å². The summed E-state index contributed by atoms with van der Waals surface area (Å²) < 4.78 is 5.90. The van der Waals surface area contributed by atoms with Gasteiger partial charge in [0.1, 0.15) is 11.6 Å². The van der Waals surface area contributed by atoms with Gasteiger partial charge in [-0.2, -0.15) is 0 Å². The van der Waals surface area contributed by atoms with Gasteiger partial charge < -0.3 is 15.4 Å². The van der Waals surface area contributed by atoms with Crippen LogP contribution in [-0.4, -0.2) is 27.9 Å². The Labute approximate surface area is 186 Å². The van der Waals surface area contributed by atoms with Gasteiger partial charge in [0, 0.05) is 25.0 Å². The Morgan fingerprint density at radius 2 is 1.81 bits per heavy atom. The van der Waals surface area contributed by atoms with Crippen LogP contribution in [-0.2, 0) is 5.41 Å². The van der Waals surface area contributed by atoms with Crippen LogP contribution in [0.3, 0.4) is 0 Å². The SMILES string of the molecule is CNC(=O)c1ncccc1Oc1ccc2nc(Nc3cccc(C(C)(C)C)c3)cnc2c1. The Hall–Kier alpha value is -4.00. The minimum absolute atomic E-state index is 0.0646. The van der Waals surface area contributed by atoms with Gasteiger partial charge in [-0.1, -0.05) is 32.9 Å². The van der Waals surface area contributed by atoms with Crippen molar-refractivity contribution in [3.63, 3.8) is 0 Å². The number of amides is 1. The van der Waals surface area contributed by atoms with E-state index in [1.165, 1.54) is 5.56 Å². The number of nitrogens with zero attached hydrogens (tertiary/aromatic N) is 3. The molecule has 0 unspecified atom stereocenters. The molecule has 0 aliphatic heterocycles. The fraction of sp³-hybridized carbons (Fsp3) is 0.200. The summed E-state index contributed by atoms with van der Waals surface area (Å²) in [5.74, 6) is 1.26. The van der Waals surface area contributed by atoms with Gasteiger partial charge in [0.15, 0.2) is 11.4 Å². The Bertz CT molecular complexity index is 1280. The molecule has 162 valence electrons. The molecule has 2 N–H and O–H groups in total. The number of pyridine rings is 1. The lowest BCUT2D eigenvalue weighted by atomic mass is 9.87. The summed E-state index contributed by atoms with van der Waals surface area (Å²) >= 11 is 0. The van der Waals surface area contributed by atoms with Gasteiger partial charge >= 0.3 is 0 Å². The van der Waals surface area contributed by atoms with E-state index in [4.69, 9.17) is 4.74 Å². The van der Waals surface area contributed by atoms with Crippen molar-refractivity contribution in [2.45, 2.75) is 26.2 Å². The number of nitrogens with one attached hydrogen (secondary N) is 2. The van der Waals surface area contributed by atoms with E-state index in [2.05, 4.69) is 58.5 Å². The molecule has 1 amide bonds. The molecule has 7 heteroatoms. The molecule has 0 aliphatic rings. The lowest BCUT2D eigenvalue weighted by Gasteiger charge is -2.20. The molecule has 7 nitrogen and oxygen atoms in total. The average molecular weight is 428 g/mol. The van der Waals surface area contributed by atoms with E-state index >= 15 is 0 Å². The van der Waals surface area contributed by atoms with Crippen LogP contribution in [0.5, 0.6) is 11.5 Å². The first kappa shape index (κ1) is 21.2.